The van der Waals surface area contributed by atoms with Gasteiger partial charge in [0.1, 0.15) is 16.4 Å². The van der Waals surface area contributed by atoms with Crippen LogP contribution in [0.5, 0.6) is 0 Å². The van der Waals surface area contributed by atoms with Crippen LogP contribution in [0.25, 0.3) is 32.6 Å². The molecule has 1 saturated carbocycles. The van der Waals surface area contributed by atoms with Crippen molar-refractivity contribution in [1.29, 1.82) is 0 Å². The SMILES string of the molecule is CCNC(=O)Nc1cc(-c2nc(C(F)(F)F)cs2)c(-c2ccc3c(=O)c(C(=O)NCCO)cn(CC4CC4)c3c2)cn1. The summed E-state index contributed by atoms with van der Waals surface area (Å²) in [5, 5.41) is 18.0. The van der Waals surface area contributed by atoms with E-state index in [1.54, 1.807) is 25.1 Å². The lowest BCUT2D eigenvalue weighted by molar-refractivity contribution is -0.140. The number of nitrogens with one attached hydrogen (secondary N) is 3. The van der Waals surface area contributed by atoms with Gasteiger partial charge in [0.05, 0.1) is 12.1 Å². The van der Waals surface area contributed by atoms with E-state index in [-0.39, 0.29) is 29.5 Å². The van der Waals surface area contributed by atoms with Crippen molar-refractivity contribution in [3.8, 4) is 21.7 Å². The maximum absolute atomic E-state index is 13.4. The Kier molecular flexibility index (Phi) is 8.27. The maximum Gasteiger partial charge on any atom is 0.434 e. The second kappa shape index (κ2) is 11.9. The molecule has 0 saturated heterocycles. The number of carbonyl (C=O) groups is 2. The number of rotatable bonds is 9. The summed E-state index contributed by atoms with van der Waals surface area (Å²) in [7, 11) is 0. The molecule has 1 aromatic carbocycles. The Morgan fingerprint density at radius 2 is 1.95 bits per heavy atom. The lowest BCUT2D eigenvalue weighted by Gasteiger charge is -2.16. The van der Waals surface area contributed by atoms with Crippen LogP contribution in [0.15, 0.2) is 46.8 Å². The van der Waals surface area contributed by atoms with Gasteiger partial charge in [0, 0.05) is 53.9 Å². The first-order valence-corrected chi connectivity index (χ1v) is 14.1. The third-order valence-electron chi connectivity index (χ3n) is 6.69. The molecule has 1 fully saturated rings. The van der Waals surface area contributed by atoms with Crippen LogP contribution < -0.4 is 21.4 Å². The van der Waals surface area contributed by atoms with E-state index in [1.807, 2.05) is 4.57 Å². The number of aliphatic hydroxyl groups is 1. The second-order valence-electron chi connectivity index (χ2n) is 9.81. The molecule has 3 aromatic heterocycles. The third kappa shape index (κ3) is 6.29. The van der Waals surface area contributed by atoms with Gasteiger partial charge in [-0.15, -0.1) is 11.3 Å². The standard InChI is InChI=1S/C28H27F3N6O4S/c1-2-32-27(41)36-23-10-18(26-35-22(14-42-26)28(29,30)31)19(11-34-23)16-5-6-17-21(9-16)37(12-15-3-4-15)13-20(24(17)39)25(40)33-7-8-38/h5-6,9-11,13-15,38H,2-4,7-8,12H2,1H3,(H,33,40)(H2,32,34,36,41). The first-order valence-electron chi connectivity index (χ1n) is 13.2. The van der Waals surface area contributed by atoms with Gasteiger partial charge < -0.3 is 20.3 Å². The number of aromatic nitrogens is 3. The Hall–Kier alpha value is -4.30. The number of alkyl halides is 3. The van der Waals surface area contributed by atoms with Gasteiger partial charge in [-0.25, -0.2) is 14.8 Å². The van der Waals surface area contributed by atoms with Gasteiger partial charge in [0.15, 0.2) is 5.69 Å². The average molecular weight is 601 g/mol. The van der Waals surface area contributed by atoms with Crippen molar-refractivity contribution < 1.29 is 27.9 Å². The number of halogens is 3. The normalized spacial score (nSPS) is 13.3. The summed E-state index contributed by atoms with van der Waals surface area (Å²) in [6, 6.07) is 5.89. The molecule has 1 aliphatic rings. The Balaban J connectivity index is 1.64. The molecular formula is C28H27F3N6O4S. The number of pyridine rings is 2. The number of carbonyl (C=O) groups excluding carboxylic acids is 2. The fourth-order valence-electron chi connectivity index (χ4n) is 4.49. The highest BCUT2D eigenvalue weighted by Crippen LogP contribution is 2.39. The van der Waals surface area contributed by atoms with E-state index >= 15 is 0 Å². The number of amides is 3. The molecule has 3 heterocycles. The molecule has 0 spiro atoms. The predicted molar refractivity (Wildman–Crippen MR) is 152 cm³/mol. The monoisotopic (exact) mass is 600 g/mol. The lowest BCUT2D eigenvalue weighted by Crippen LogP contribution is -2.31. The van der Waals surface area contributed by atoms with Crippen molar-refractivity contribution in [1.82, 2.24) is 25.2 Å². The summed E-state index contributed by atoms with van der Waals surface area (Å²) in [6.07, 6.45) is 0.340. The summed E-state index contributed by atoms with van der Waals surface area (Å²) >= 11 is 0.809. The van der Waals surface area contributed by atoms with Crippen molar-refractivity contribution in [2.24, 2.45) is 5.92 Å². The summed E-state index contributed by atoms with van der Waals surface area (Å²) in [5.74, 6) is -0.0791. The van der Waals surface area contributed by atoms with Crippen LogP contribution in [0.3, 0.4) is 0 Å². The first kappa shape index (κ1) is 29.2. The van der Waals surface area contributed by atoms with Gasteiger partial charge in [-0.05, 0) is 49.4 Å². The fourth-order valence-corrected chi connectivity index (χ4v) is 5.35. The molecule has 0 radical (unpaired) electrons. The average Bonchev–Trinajstić information content (AvgIpc) is 3.62. The summed E-state index contributed by atoms with van der Waals surface area (Å²) in [6.45, 7) is 2.41. The van der Waals surface area contributed by atoms with Gasteiger partial charge in [-0.3, -0.25) is 14.9 Å². The Labute approximate surface area is 241 Å². The minimum atomic E-state index is -4.63. The summed E-state index contributed by atoms with van der Waals surface area (Å²) in [4.78, 5) is 46.2. The van der Waals surface area contributed by atoms with Crippen molar-refractivity contribution in [2.75, 3.05) is 25.0 Å². The summed E-state index contributed by atoms with van der Waals surface area (Å²) < 4.78 is 42.0. The third-order valence-corrected chi connectivity index (χ3v) is 7.57. The Morgan fingerprint density at radius 1 is 1.17 bits per heavy atom. The van der Waals surface area contributed by atoms with Gasteiger partial charge in [0.2, 0.25) is 5.43 Å². The zero-order valence-corrected chi connectivity index (χ0v) is 23.2. The van der Waals surface area contributed by atoms with E-state index in [2.05, 4.69) is 25.9 Å². The van der Waals surface area contributed by atoms with Crippen molar-refractivity contribution in [2.45, 2.75) is 32.5 Å². The van der Waals surface area contributed by atoms with E-state index < -0.39 is 29.2 Å². The number of anilines is 1. The van der Waals surface area contributed by atoms with Gasteiger partial charge in [0.25, 0.3) is 5.91 Å². The number of nitrogens with zero attached hydrogens (tertiary/aromatic N) is 3. The molecule has 4 aromatic rings. The van der Waals surface area contributed by atoms with Crippen LogP contribution in [-0.2, 0) is 12.7 Å². The molecule has 0 aliphatic heterocycles. The van der Waals surface area contributed by atoms with Crippen LogP contribution >= 0.6 is 11.3 Å². The van der Waals surface area contributed by atoms with E-state index in [1.165, 1.54) is 18.5 Å². The minimum Gasteiger partial charge on any atom is -0.395 e. The van der Waals surface area contributed by atoms with Gasteiger partial charge in [-0.2, -0.15) is 13.2 Å². The first-order chi connectivity index (χ1) is 20.1. The van der Waals surface area contributed by atoms with Crippen LogP contribution in [0.1, 0.15) is 35.8 Å². The molecule has 5 rings (SSSR count). The van der Waals surface area contributed by atoms with Crippen molar-refractivity contribution in [3.05, 3.63) is 63.5 Å². The molecule has 14 heteroatoms. The number of hydrogen-bond acceptors (Lipinski definition) is 7. The van der Waals surface area contributed by atoms with Crippen LogP contribution in [0.2, 0.25) is 0 Å². The molecule has 0 bridgehead atoms. The lowest BCUT2D eigenvalue weighted by atomic mass is 9.99. The quantitative estimate of drug-likeness (QED) is 0.224. The number of thiazole rings is 1. The number of benzene rings is 1. The fraction of sp³-hybridized carbons (Fsp3) is 0.321. The smallest absolute Gasteiger partial charge is 0.395 e. The zero-order valence-electron chi connectivity index (χ0n) is 22.4. The number of urea groups is 1. The van der Waals surface area contributed by atoms with Crippen LogP contribution in [0, 0.1) is 5.92 Å². The largest absolute Gasteiger partial charge is 0.434 e. The number of hydrogen-bond donors (Lipinski definition) is 4. The summed E-state index contributed by atoms with van der Waals surface area (Å²) in [5.41, 5.74) is 0.300. The van der Waals surface area contributed by atoms with Crippen LogP contribution in [0.4, 0.5) is 23.8 Å². The minimum absolute atomic E-state index is 0.00537. The van der Waals surface area contributed by atoms with Gasteiger partial charge >= 0.3 is 12.2 Å². The Morgan fingerprint density at radius 3 is 2.62 bits per heavy atom. The Bertz CT molecular complexity index is 1710. The van der Waals surface area contributed by atoms with E-state index in [4.69, 9.17) is 5.11 Å². The molecule has 3 amide bonds. The molecular weight excluding hydrogens is 573 g/mol. The molecule has 1 aliphatic carbocycles. The van der Waals surface area contributed by atoms with E-state index in [0.29, 0.717) is 46.6 Å². The zero-order chi connectivity index (χ0) is 30.0. The molecule has 42 heavy (non-hydrogen) atoms. The van der Waals surface area contributed by atoms with E-state index in [9.17, 15) is 27.6 Å². The molecule has 10 nitrogen and oxygen atoms in total. The van der Waals surface area contributed by atoms with Crippen LogP contribution in [-0.4, -0.2) is 51.3 Å². The van der Waals surface area contributed by atoms with Gasteiger partial charge in [-0.1, -0.05) is 6.07 Å². The molecule has 0 unspecified atom stereocenters. The topological polar surface area (TPSA) is 138 Å². The molecule has 0 atom stereocenters. The maximum atomic E-state index is 13.4. The highest BCUT2D eigenvalue weighted by molar-refractivity contribution is 7.13. The predicted octanol–water partition coefficient (Wildman–Crippen LogP) is 4.48. The molecule has 4 N–H and O–H groups in total. The number of fused-ring (bicyclic) bond motifs is 1. The van der Waals surface area contributed by atoms with E-state index in [0.717, 1.165) is 29.6 Å². The second-order valence-corrected chi connectivity index (χ2v) is 10.7. The molecule has 220 valence electrons. The highest BCUT2D eigenvalue weighted by Gasteiger charge is 2.34. The number of aliphatic hydroxyl groups excluding tert-OH is 1. The van der Waals surface area contributed by atoms with Crippen molar-refractivity contribution >= 4 is 40.0 Å². The highest BCUT2D eigenvalue weighted by atomic mass is 32.1. The van der Waals surface area contributed by atoms with Crippen molar-refractivity contribution in [3.63, 3.8) is 0 Å².